The van der Waals surface area contributed by atoms with Crippen molar-refractivity contribution in [1.29, 1.82) is 0 Å². The third-order valence-electron chi connectivity index (χ3n) is 8.99. The van der Waals surface area contributed by atoms with Crippen LogP contribution in [0.5, 0.6) is 5.75 Å². The van der Waals surface area contributed by atoms with Crippen LogP contribution in [0.25, 0.3) is 32.8 Å². The minimum absolute atomic E-state index is 0.293. The van der Waals surface area contributed by atoms with Crippen molar-refractivity contribution < 1.29 is 14.3 Å². The minimum atomic E-state index is -0.293. The monoisotopic (exact) mass is 624 g/mol. The third kappa shape index (κ3) is 5.78. The lowest BCUT2D eigenvalue weighted by Crippen LogP contribution is -2.26. The number of hydrogen-bond acceptors (Lipinski definition) is 5. The molecule has 0 amide bonds. The van der Waals surface area contributed by atoms with Gasteiger partial charge in [-0.05, 0) is 49.3 Å². The number of rotatable bonds is 9. The van der Waals surface area contributed by atoms with Gasteiger partial charge in [-0.3, -0.25) is 4.68 Å². The predicted molar refractivity (Wildman–Crippen MR) is 189 cm³/mol. The van der Waals surface area contributed by atoms with Crippen LogP contribution >= 0.6 is 0 Å². The van der Waals surface area contributed by atoms with Gasteiger partial charge in [0.05, 0.1) is 24.4 Å². The second-order valence-electron chi connectivity index (χ2n) is 12.0. The van der Waals surface area contributed by atoms with E-state index in [0.717, 1.165) is 68.6 Å². The van der Waals surface area contributed by atoms with Crippen molar-refractivity contribution in [1.82, 2.24) is 14.3 Å². The van der Waals surface area contributed by atoms with Crippen molar-refractivity contribution >= 4 is 33.5 Å². The van der Waals surface area contributed by atoms with Crippen LogP contribution in [0.15, 0.2) is 103 Å². The van der Waals surface area contributed by atoms with E-state index in [0.29, 0.717) is 38.4 Å². The minimum Gasteiger partial charge on any atom is -0.493 e. The van der Waals surface area contributed by atoms with Gasteiger partial charge in [0.25, 0.3) is 0 Å². The topological polar surface area (TPSA) is 61.5 Å². The standard InChI is InChI=1S/C40H40N4O3/c1-4-46-40(45)38-33(22-14-26-47-35-23-12-18-30-17-8-9-19-31(30)35)32-20-13-21-34-36-28(2)41-42(3)39(36)43(27-29-15-6-5-7-16-29)24-10-11-25-44(38)37(32)34/h5-13,15-21,23H,4,14,22,24-27H2,1-3H3. The van der Waals surface area contributed by atoms with Crippen molar-refractivity contribution in [3.63, 3.8) is 0 Å². The van der Waals surface area contributed by atoms with Gasteiger partial charge in [-0.1, -0.05) is 97.1 Å². The second-order valence-corrected chi connectivity index (χ2v) is 12.0. The van der Waals surface area contributed by atoms with E-state index in [1.165, 1.54) is 5.56 Å². The largest absolute Gasteiger partial charge is 0.493 e. The molecule has 47 heavy (non-hydrogen) atoms. The smallest absolute Gasteiger partial charge is 0.355 e. The summed E-state index contributed by atoms with van der Waals surface area (Å²) in [6.45, 7) is 6.80. The number of ether oxygens (including phenoxy) is 2. The zero-order valence-corrected chi connectivity index (χ0v) is 27.3. The normalized spacial score (nSPS) is 12.8. The van der Waals surface area contributed by atoms with Crippen molar-refractivity contribution in [2.24, 2.45) is 7.05 Å². The van der Waals surface area contributed by atoms with E-state index in [1.54, 1.807) is 0 Å². The number of hydrogen-bond donors (Lipinski definition) is 0. The zero-order chi connectivity index (χ0) is 32.3. The van der Waals surface area contributed by atoms with Crippen LogP contribution in [0.3, 0.4) is 0 Å². The molecule has 4 aromatic carbocycles. The lowest BCUT2D eigenvalue weighted by molar-refractivity contribution is 0.0513. The first-order chi connectivity index (χ1) is 23.0. The fourth-order valence-electron chi connectivity index (χ4n) is 7.04. The van der Waals surface area contributed by atoms with E-state index in [-0.39, 0.29) is 5.97 Å². The van der Waals surface area contributed by atoms with Gasteiger partial charge in [-0.25, -0.2) is 4.79 Å². The molecule has 2 aromatic heterocycles. The Bertz CT molecular complexity index is 2080. The van der Waals surface area contributed by atoms with Gasteiger partial charge in [0.15, 0.2) is 0 Å². The summed E-state index contributed by atoms with van der Waals surface area (Å²) in [4.78, 5) is 16.1. The molecule has 0 unspecified atom stereocenters. The number of nitrogens with zero attached hydrogens (tertiary/aromatic N) is 4. The molecule has 0 fully saturated rings. The number of carbonyl (C=O) groups excluding carboxylic acids is 1. The highest BCUT2D eigenvalue weighted by atomic mass is 16.5. The van der Waals surface area contributed by atoms with Crippen molar-refractivity contribution in [3.8, 4) is 16.9 Å². The molecule has 0 bridgehead atoms. The van der Waals surface area contributed by atoms with Gasteiger partial charge in [-0.15, -0.1) is 0 Å². The zero-order valence-electron chi connectivity index (χ0n) is 27.3. The SMILES string of the molecule is CCOC(=O)c1c(CCCOc2cccc3ccccc23)c2cccc3c2n1CC=CCN(Cc1ccccc1)c1c-3c(C)nn1C. The van der Waals surface area contributed by atoms with Crippen molar-refractivity contribution in [2.45, 2.75) is 39.8 Å². The number of aromatic nitrogens is 3. The molecule has 6 aromatic rings. The lowest BCUT2D eigenvalue weighted by atomic mass is 9.99. The molecule has 0 N–H and O–H groups in total. The number of anilines is 1. The molecular formula is C40H40N4O3. The molecule has 7 rings (SSSR count). The Hall–Kier alpha value is -5.30. The number of benzene rings is 4. The maximum absolute atomic E-state index is 13.8. The fourth-order valence-corrected chi connectivity index (χ4v) is 7.04. The van der Waals surface area contributed by atoms with E-state index in [9.17, 15) is 4.79 Å². The third-order valence-corrected chi connectivity index (χ3v) is 8.99. The van der Waals surface area contributed by atoms with Gasteiger partial charge in [0.1, 0.15) is 17.3 Å². The van der Waals surface area contributed by atoms with Crippen molar-refractivity contribution in [2.75, 3.05) is 24.7 Å². The predicted octanol–water partition coefficient (Wildman–Crippen LogP) is 8.27. The van der Waals surface area contributed by atoms with Gasteiger partial charge in [-0.2, -0.15) is 5.10 Å². The van der Waals surface area contributed by atoms with Crippen LogP contribution in [0.2, 0.25) is 0 Å². The quantitative estimate of drug-likeness (QED) is 0.0921. The van der Waals surface area contributed by atoms with E-state index in [1.807, 2.05) is 42.9 Å². The van der Waals surface area contributed by atoms with Crippen LogP contribution in [0.1, 0.15) is 40.7 Å². The highest BCUT2D eigenvalue weighted by Gasteiger charge is 2.29. The Labute approximate surface area is 275 Å². The summed E-state index contributed by atoms with van der Waals surface area (Å²) in [5.74, 6) is 1.64. The average Bonchev–Trinajstić information content (AvgIpc) is 3.57. The Morgan fingerprint density at radius 1 is 0.872 bits per heavy atom. The highest BCUT2D eigenvalue weighted by Crippen LogP contribution is 2.42. The average molecular weight is 625 g/mol. The Kier molecular flexibility index (Phi) is 8.53. The summed E-state index contributed by atoms with van der Waals surface area (Å²) in [5.41, 5.74) is 7.00. The first-order valence-electron chi connectivity index (χ1n) is 16.4. The van der Waals surface area contributed by atoms with Crippen LogP contribution in [-0.2, 0) is 31.3 Å². The molecule has 7 heteroatoms. The fraction of sp³-hybridized carbons (Fsp3) is 0.250. The molecule has 0 radical (unpaired) electrons. The first-order valence-corrected chi connectivity index (χ1v) is 16.4. The number of fused-ring (bicyclic) bond motifs is 3. The lowest BCUT2D eigenvalue weighted by Gasteiger charge is -2.26. The molecule has 0 spiro atoms. The molecule has 0 aliphatic carbocycles. The summed E-state index contributed by atoms with van der Waals surface area (Å²) in [7, 11) is 2.02. The maximum Gasteiger partial charge on any atom is 0.355 e. The summed E-state index contributed by atoms with van der Waals surface area (Å²) in [6.07, 6.45) is 5.78. The van der Waals surface area contributed by atoms with Gasteiger partial charge in [0.2, 0.25) is 0 Å². The maximum atomic E-state index is 13.8. The van der Waals surface area contributed by atoms with Gasteiger partial charge in [0, 0.05) is 48.6 Å². The molecule has 238 valence electrons. The van der Waals surface area contributed by atoms with Crippen LogP contribution in [-0.4, -0.2) is 40.1 Å². The second kappa shape index (κ2) is 13.2. The molecule has 7 nitrogen and oxygen atoms in total. The Morgan fingerprint density at radius 2 is 1.62 bits per heavy atom. The summed E-state index contributed by atoms with van der Waals surface area (Å²) in [5, 5.41) is 8.25. The van der Waals surface area contributed by atoms with Gasteiger partial charge < -0.3 is 18.9 Å². The number of aryl methyl sites for hydroxylation is 3. The Balaban J connectivity index is 1.31. The van der Waals surface area contributed by atoms with Crippen molar-refractivity contribution in [3.05, 3.63) is 126 Å². The van der Waals surface area contributed by atoms with E-state index >= 15 is 0 Å². The molecule has 1 aliphatic rings. The molecule has 3 heterocycles. The molecule has 0 saturated heterocycles. The Morgan fingerprint density at radius 3 is 2.47 bits per heavy atom. The highest BCUT2D eigenvalue weighted by molar-refractivity contribution is 6.06. The van der Waals surface area contributed by atoms with E-state index in [2.05, 4.69) is 95.3 Å². The number of allylic oxidation sites excluding steroid dienone is 1. The number of carbonyl (C=O) groups is 1. The number of para-hydroxylation sites is 1. The van der Waals surface area contributed by atoms with Crippen LogP contribution in [0, 0.1) is 6.92 Å². The van der Waals surface area contributed by atoms with E-state index in [4.69, 9.17) is 14.6 Å². The molecular weight excluding hydrogens is 584 g/mol. The molecule has 0 atom stereocenters. The van der Waals surface area contributed by atoms with Crippen LogP contribution < -0.4 is 9.64 Å². The summed E-state index contributed by atoms with van der Waals surface area (Å²) >= 11 is 0. The first kappa shape index (κ1) is 30.4. The van der Waals surface area contributed by atoms with Gasteiger partial charge >= 0.3 is 5.97 Å². The summed E-state index contributed by atoms with van der Waals surface area (Å²) < 4.78 is 16.2. The molecule has 0 saturated carbocycles. The molecule has 1 aliphatic heterocycles. The van der Waals surface area contributed by atoms with Crippen LogP contribution in [0.4, 0.5) is 5.82 Å². The summed E-state index contributed by atoms with van der Waals surface area (Å²) in [6, 6.07) is 31.4. The van der Waals surface area contributed by atoms with E-state index < -0.39 is 0 Å². The number of esters is 1.